The summed E-state index contributed by atoms with van der Waals surface area (Å²) in [5, 5.41) is 6.85. The molecule has 2 aromatic carbocycles. The SMILES string of the molecule is CC(=O)c1c(-c2cccc(OS(=O)(=O)C(F)(F)F)c2)n[nH]c1-c1ccccc1. The van der Waals surface area contributed by atoms with Gasteiger partial charge >= 0.3 is 15.6 Å². The van der Waals surface area contributed by atoms with Crippen molar-refractivity contribution in [2.24, 2.45) is 0 Å². The minimum atomic E-state index is -5.81. The van der Waals surface area contributed by atoms with Gasteiger partial charge in [-0.1, -0.05) is 42.5 Å². The molecule has 3 rings (SSSR count). The minimum Gasteiger partial charge on any atom is -0.376 e. The van der Waals surface area contributed by atoms with Crippen molar-refractivity contribution >= 4 is 15.9 Å². The lowest BCUT2D eigenvalue weighted by Crippen LogP contribution is -2.28. The smallest absolute Gasteiger partial charge is 0.376 e. The zero-order valence-electron chi connectivity index (χ0n) is 14.3. The number of H-pyrrole nitrogens is 1. The molecular formula is C18H13F3N2O4S. The first-order chi connectivity index (χ1) is 13.1. The fourth-order valence-corrected chi connectivity index (χ4v) is 3.03. The molecule has 0 aliphatic heterocycles. The van der Waals surface area contributed by atoms with Crippen molar-refractivity contribution in [2.75, 3.05) is 0 Å². The number of nitrogens with one attached hydrogen (secondary N) is 1. The second-order valence-corrected chi connectivity index (χ2v) is 7.29. The molecule has 1 heterocycles. The van der Waals surface area contributed by atoms with Crippen molar-refractivity contribution in [2.45, 2.75) is 12.4 Å². The molecule has 0 unspecified atom stereocenters. The number of carbonyl (C=O) groups excluding carboxylic acids is 1. The number of rotatable bonds is 5. The molecule has 0 saturated carbocycles. The normalized spacial score (nSPS) is 12.0. The number of halogens is 3. The monoisotopic (exact) mass is 410 g/mol. The van der Waals surface area contributed by atoms with Gasteiger partial charge in [-0.15, -0.1) is 0 Å². The minimum absolute atomic E-state index is 0.168. The lowest BCUT2D eigenvalue weighted by atomic mass is 9.99. The van der Waals surface area contributed by atoms with E-state index in [0.29, 0.717) is 11.3 Å². The Morgan fingerprint density at radius 1 is 1.04 bits per heavy atom. The van der Waals surface area contributed by atoms with Gasteiger partial charge in [0, 0.05) is 11.1 Å². The number of aromatic amines is 1. The highest BCUT2D eigenvalue weighted by Crippen LogP contribution is 2.33. The van der Waals surface area contributed by atoms with Crippen LogP contribution in [-0.4, -0.2) is 29.9 Å². The number of hydrogen-bond donors (Lipinski definition) is 1. The molecule has 0 fully saturated rings. The Morgan fingerprint density at radius 3 is 2.29 bits per heavy atom. The lowest BCUT2D eigenvalue weighted by Gasteiger charge is -2.10. The molecule has 0 aliphatic rings. The summed E-state index contributed by atoms with van der Waals surface area (Å²) >= 11 is 0. The fourth-order valence-electron chi connectivity index (χ4n) is 2.58. The van der Waals surface area contributed by atoms with Crippen molar-refractivity contribution in [1.82, 2.24) is 10.2 Å². The van der Waals surface area contributed by atoms with Crippen LogP contribution in [0, 0.1) is 0 Å². The summed E-state index contributed by atoms with van der Waals surface area (Å²) in [6.07, 6.45) is 0. The van der Waals surface area contributed by atoms with E-state index in [-0.39, 0.29) is 22.6 Å². The van der Waals surface area contributed by atoms with E-state index in [4.69, 9.17) is 0 Å². The molecule has 0 aliphatic carbocycles. The van der Waals surface area contributed by atoms with Crippen LogP contribution in [0.4, 0.5) is 13.2 Å². The second-order valence-electron chi connectivity index (χ2n) is 5.76. The summed E-state index contributed by atoms with van der Waals surface area (Å²) in [6, 6.07) is 13.8. The molecule has 1 N–H and O–H groups in total. The predicted octanol–water partition coefficient (Wildman–Crippen LogP) is 4.17. The highest BCUT2D eigenvalue weighted by Gasteiger charge is 2.48. The average molecular weight is 410 g/mol. The first-order valence-corrected chi connectivity index (χ1v) is 9.27. The Balaban J connectivity index is 2.06. The number of aromatic nitrogens is 2. The molecule has 0 atom stereocenters. The maximum Gasteiger partial charge on any atom is 0.534 e. The van der Waals surface area contributed by atoms with Crippen molar-refractivity contribution in [3.63, 3.8) is 0 Å². The number of carbonyl (C=O) groups is 1. The number of hydrogen-bond acceptors (Lipinski definition) is 5. The first kappa shape index (κ1) is 19.6. The van der Waals surface area contributed by atoms with Crippen LogP contribution in [0.2, 0.25) is 0 Å². The summed E-state index contributed by atoms with van der Waals surface area (Å²) in [4.78, 5) is 12.2. The number of nitrogens with zero attached hydrogens (tertiary/aromatic N) is 1. The van der Waals surface area contributed by atoms with Crippen LogP contribution in [-0.2, 0) is 10.1 Å². The maximum absolute atomic E-state index is 12.5. The van der Waals surface area contributed by atoms with E-state index in [9.17, 15) is 26.4 Å². The van der Waals surface area contributed by atoms with Gasteiger partial charge in [0.2, 0.25) is 0 Å². The molecule has 0 saturated heterocycles. The van der Waals surface area contributed by atoms with Crippen LogP contribution in [0.25, 0.3) is 22.5 Å². The quantitative estimate of drug-likeness (QED) is 0.387. The Labute approximate surface area is 158 Å². The zero-order chi connectivity index (χ0) is 20.5. The molecular weight excluding hydrogens is 397 g/mol. The van der Waals surface area contributed by atoms with Gasteiger partial charge in [0.15, 0.2) is 5.78 Å². The fraction of sp³-hybridized carbons (Fsp3) is 0.111. The molecule has 146 valence electrons. The van der Waals surface area contributed by atoms with Gasteiger partial charge in [-0.05, 0) is 19.1 Å². The second kappa shape index (κ2) is 7.12. The highest BCUT2D eigenvalue weighted by atomic mass is 32.2. The van der Waals surface area contributed by atoms with E-state index in [1.54, 1.807) is 30.3 Å². The van der Waals surface area contributed by atoms with E-state index < -0.39 is 21.4 Å². The van der Waals surface area contributed by atoms with Crippen LogP contribution in [0.5, 0.6) is 5.75 Å². The Hall–Kier alpha value is -3.14. The summed E-state index contributed by atoms with van der Waals surface area (Å²) in [5.74, 6) is -0.870. The van der Waals surface area contributed by atoms with Gasteiger partial charge in [-0.3, -0.25) is 9.89 Å². The van der Waals surface area contributed by atoms with E-state index in [0.717, 1.165) is 12.1 Å². The predicted molar refractivity (Wildman–Crippen MR) is 95.1 cm³/mol. The maximum atomic E-state index is 12.5. The zero-order valence-corrected chi connectivity index (χ0v) is 15.1. The van der Waals surface area contributed by atoms with Crippen LogP contribution in [0.15, 0.2) is 54.6 Å². The van der Waals surface area contributed by atoms with Gasteiger partial charge in [-0.2, -0.15) is 26.7 Å². The van der Waals surface area contributed by atoms with Crippen LogP contribution >= 0.6 is 0 Å². The lowest BCUT2D eigenvalue weighted by molar-refractivity contribution is -0.0500. The van der Waals surface area contributed by atoms with Crippen molar-refractivity contribution < 1.29 is 30.6 Å². The van der Waals surface area contributed by atoms with Crippen LogP contribution in [0.1, 0.15) is 17.3 Å². The molecule has 0 amide bonds. The third-order valence-corrected chi connectivity index (χ3v) is 4.76. The van der Waals surface area contributed by atoms with E-state index in [1.807, 2.05) is 0 Å². The Morgan fingerprint density at radius 2 is 1.68 bits per heavy atom. The molecule has 1 aromatic heterocycles. The highest BCUT2D eigenvalue weighted by molar-refractivity contribution is 7.88. The van der Waals surface area contributed by atoms with Gasteiger partial charge in [0.25, 0.3) is 0 Å². The van der Waals surface area contributed by atoms with E-state index >= 15 is 0 Å². The largest absolute Gasteiger partial charge is 0.534 e. The number of alkyl halides is 3. The van der Waals surface area contributed by atoms with Gasteiger partial charge in [0.1, 0.15) is 11.4 Å². The van der Waals surface area contributed by atoms with E-state index in [1.165, 1.54) is 19.1 Å². The third kappa shape index (κ3) is 3.77. The molecule has 3 aromatic rings. The molecule has 0 spiro atoms. The number of ketones is 1. The first-order valence-electron chi connectivity index (χ1n) is 7.86. The third-order valence-electron chi connectivity index (χ3n) is 3.78. The molecule has 10 heteroatoms. The van der Waals surface area contributed by atoms with Gasteiger partial charge in [0.05, 0.1) is 11.3 Å². The molecule has 0 bridgehead atoms. The van der Waals surface area contributed by atoms with Gasteiger partial charge < -0.3 is 4.18 Å². The summed E-state index contributed by atoms with van der Waals surface area (Å²) in [5.41, 5.74) is -3.81. The van der Waals surface area contributed by atoms with Crippen molar-refractivity contribution in [3.8, 4) is 28.3 Å². The topological polar surface area (TPSA) is 89.1 Å². The summed E-state index contributed by atoms with van der Waals surface area (Å²) < 4.78 is 64.2. The number of benzene rings is 2. The summed E-state index contributed by atoms with van der Waals surface area (Å²) in [6.45, 7) is 1.33. The Bertz CT molecular complexity index is 1120. The molecule has 6 nitrogen and oxygen atoms in total. The average Bonchev–Trinajstić information content (AvgIpc) is 3.07. The van der Waals surface area contributed by atoms with E-state index in [2.05, 4.69) is 14.4 Å². The van der Waals surface area contributed by atoms with Crippen LogP contribution in [0.3, 0.4) is 0 Å². The van der Waals surface area contributed by atoms with Crippen molar-refractivity contribution in [1.29, 1.82) is 0 Å². The molecule has 28 heavy (non-hydrogen) atoms. The van der Waals surface area contributed by atoms with Gasteiger partial charge in [-0.25, -0.2) is 0 Å². The standard InChI is InChI=1S/C18H13F3N2O4S/c1-11(24)15-16(12-6-3-2-4-7-12)22-23-17(15)13-8-5-9-14(10-13)27-28(25,26)18(19,20)21/h2-10H,1H3,(H,22,23). The van der Waals surface area contributed by atoms with Crippen LogP contribution < -0.4 is 4.18 Å². The van der Waals surface area contributed by atoms with Crippen molar-refractivity contribution in [3.05, 3.63) is 60.2 Å². The Kier molecular flexibility index (Phi) is 4.99. The number of Topliss-reactive ketones (excluding diaryl/α,β-unsaturated/α-hetero) is 1. The summed E-state index contributed by atoms with van der Waals surface area (Å²) in [7, 11) is -5.81. The molecule has 0 radical (unpaired) electrons.